The second-order valence-corrected chi connectivity index (χ2v) is 4.89. The summed E-state index contributed by atoms with van der Waals surface area (Å²) in [6, 6.07) is 0. The molecule has 0 aromatic carbocycles. The van der Waals surface area contributed by atoms with Crippen LogP contribution in [0, 0.1) is 11.8 Å². The summed E-state index contributed by atoms with van der Waals surface area (Å²) in [4.78, 5) is 10.9. The fourth-order valence-electron chi connectivity index (χ4n) is 2.42. The van der Waals surface area contributed by atoms with Gasteiger partial charge in [0.1, 0.15) is 12.2 Å². The first-order valence-corrected chi connectivity index (χ1v) is 5.94. The fourth-order valence-corrected chi connectivity index (χ4v) is 2.42. The lowest BCUT2D eigenvalue weighted by molar-refractivity contribution is -0.360. The summed E-state index contributed by atoms with van der Waals surface area (Å²) in [6.45, 7) is 0. The number of hydrogen-bond donors (Lipinski definition) is 0. The van der Waals surface area contributed by atoms with Crippen molar-refractivity contribution in [2.45, 2.75) is 50.7 Å². The molecule has 2 fully saturated rings. The van der Waals surface area contributed by atoms with Crippen molar-refractivity contribution >= 4 is 0 Å². The lowest BCUT2D eigenvalue weighted by Gasteiger charge is -2.37. The second kappa shape index (κ2) is 3.67. The van der Waals surface area contributed by atoms with Gasteiger partial charge < -0.3 is 0 Å². The lowest BCUT2D eigenvalue weighted by atomic mass is 9.78. The smallest absolute Gasteiger partial charge is 0.114 e. The van der Waals surface area contributed by atoms with E-state index in [0.717, 1.165) is 11.8 Å². The van der Waals surface area contributed by atoms with Crippen LogP contribution < -0.4 is 0 Å². The molecule has 2 aliphatic carbocycles. The third kappa shape index (κ3) is 1.51. The van der Waals surface area contributed by atoms with Gasteiger partial charge in [0.15, 0.2) is 0 Å². The van der Waals surface area contributed by atoms with E-state index in [1.54, 1.807) is 0 Å². The summed E-state index contributed by atoms with van der Waals surface area (Å²) >= 11 is 0. The Labute approximate surface area is 85.2 Å². The maximum absolute atomic E-state index is 5.46. The average Bonchev–Trinajstić information content (AvgIpc) is 2.02. The molecule has 2 nitrogen and oxygen atoms in total. The van der Waals surface area contributed by atoms with Crippen LogP contribution in [0.4, 0.5) is 0 Å². The van der Waals surface area contributed by atoms with Crippen molar-refractivity contribution < 1.29 is 9.78 Å². The maximum Gasteiger partial charge on any atom is 0.114 e. The summed E-state index contributed by atoms with van der Waals surface area (Å²) in [6.07, 6.45) is 12.9. The molecule has 2 heteroatoms. The average molecular weight is 194 g/mol. The molecule has 0 unspecified atom stereocenters. The van der Waals surface area contributed by atoms with Gasteiger partial charge in [-0.05, 0) is 37.5 Å². The lowest BCUT2D eigenvalue weighted by Crippen LogP contribution is -2.36. The number of hydrogen-bond acceptors (Lipinski definition) is 2. The van der Waals surface area contributed by atoms with Gasteiger partial charge >= 0.3 is 0 Å². The van der Waals surface area contributed by atoms with E-state index in [1.165, 1.54) is 38.5 Å². The van der Waals surface area contributed by atoms with Crippen LogP contribution in [0.25, 0.3) is 0 Å². The van der Waals surface area contributed by atoms with Gasteiger partial charge in [-0.25, -0.2) is 9.78 Å². The molecule has 0 radical (unpaired) electrons. The third-order valence-corrected chi connectivity index (χ3v) is 4.00. The first-order valence-electron chi connectivity index (χ1n) is 5.94. The summed E-state index contributed by atoms with van der Waals surface area (Å²) in [5.74, 6) is 1.46. The topological polar surface area (TPSA) is 18.5 Å². The van der Waals surface area contributed by atoms with Gasteiger partial charge in [-0.3, -0.25) is 0 Å². The molecule has 0 N–H and O–H groups in total. The normalized spacial score (nSPS) is 39.1. The predicted octanol–water partition coefficient (Wildman–Crippen LogP) is 2.84. The molecule has 14 heavy (non-hydrogen) atoms. The van der Waals surface area contributed by atoms with Crippen molar-refractivity contribution in [2.24, 2.45) is 11.8 Å². The minimum Gasteiger partial charge on any atom is -0.228 e. The summed E-state index contributed by atoms with van der Waals surface area (Å²) in [5.41, 5.74) is 0. The first kappa shape index (κ1) is 8.93. The minimum absolute atomic E-state index is 0.250. The van der Waals surface area contributed by atoms with Crippen LogP contribution in [-0.2, 0) is 9.78 Å². The van der Waals surface area contributed by atoms with Crippen molar-refractivity contribution in [1.29, 1.82) is 0 Å². The molecular weight excluding hydrogens is 176 g/mol. The summed E-state index contributed by atoms with van der Waals surface area (Å²) in [7, 11) is 0. The highest BCUT2D eigenvalue weighted by Crippen LogP contribution is 2.37. The summed E-state index contributed by atoms with van der Waals surface area (Å²) < 4.78 is 0. The fraction of sp³-hybridized carbons (Fsp3) is 0.833. The van der Waals surface area contributed by atoms with Crippen molar-refractivity contribution in [3.05, 3.63) is 12.2 Å². The zero-order chi connectivity index (χ0) is 9.38. The molecule has 2 atom stereocenters. The van der Waals surface area contributed by atoms with Crippen molar-refractivity contribution in [2.75, 3.05) is 0 Å². The molecule has 0 bridgehead atoms. The monoisotopic (exact) mass is 194 g/mol. The van der Waals surface area contributed by atoms with Gasteiger partial charge in [-0.15, -0.1) is 0 Å². The van der Waals surface area contributed by atoms with E-state index in [4.69, 9.17) is 9.78 Å². The molecule has 78 valence electrons. The minimum atomic E-state index is 0.250. The van der Waals surface area contributed by atoms with Crippen LogP contribution in [-0.4, -0.2) is 12.2 Å². The Balaban J connectivity index is 1.56. The molecule has 2 saturated carbocycles. The van der Waals surface area contributed by atoms with E-state index in [1.807, 2.05) is 0 Å². The molecule has 0 aromatic rings. The zero-order valence-corrected chi connectivity index (χ0v) is 8.52. The van der Waals surface area contributed by atoms with Gasteiger partial charge in [0.2, 0.25) is 0 Å². The van der Waals surface area contributed by atoms with E-state index in [0.29, 0.717) is 0 Å². The van der Waals surface area contributed by atoms with Gasteiger partial charge in [0.05, 0.1) is 0 Å². The van der Waals surface area contributed by atoms with Crippen molar-refractivity contribution in [3.63, 3.8) is 0 Å². The van der Waals surface area contributed by atoms with Crippen LogP contribution in [0.1, 0.15) is 38.5 Å². The van der Waals surface area contributed by atoms with Gasteiger partial charge in [-0.1, -0.05) is 25.0 Å². The highest BCUT2D eigenvalue weighted by atomic mass is 17.2. The van der Waals surface area contributed by atoms with Crippen LogP contribution in [0.5, 0.6) is 0 Å². The van der Waals surface area contributed by atoms with E-state index in [-0.39, 0.29) is 12.2 Å². The van der Waals surface area contributed by atoms with E-state index in [2.05, 4.69) is 12.2 Å². The molecule has 1 aliphatic heterocycles. The predicted molar refractivity (Wildman–Crippen MR) is 53.6 cm³/mol. The molecule has 0 saturated heterocycles. The van der Waals surface area contributed by atoms with E-state index >= 15 is 0 Å². The molecule has 1 heterocycles. The van der Waals surface area contributed by atoms with E-state index < -0.39 is 0 Å². The van der Waals surface area contributed by atoms with Crippen LogP contribution in [0.15, 0.2) is 12.2 Å². The Morgan fingerprint density at radius 2 is 1.14 bits per heavy atom. The Morgan fingerprint density at radius 1 is 0.714 bits per heavy atom. The highest BCUT2D eigenvalue weighted by Gasteiger charge is 2.34. The molecular formula is C12H18O2. The van der Waals surface area contributed by atoms with Gasteiger partial charge in [0.25, 0.3) is 0 Å². The largest absolute Gasteiger partial charge is 0.228 e. The van der Waals surface area contributed by atoms with Crippen LogP contribution in [0.3, 0.4) is 0 Å². The molecule has 0 spiro atoms. The van der Waals surface area contributed by atoms with Gasteiger partial charge in [-0.2, -0.15) is 0 Å². The molecule has 3 aliphatic rings. The maximum atomic E-state index is 5.46. The van der Waals surface area contributed by atoms with Crippen molar-refractivity contribution in [3.8, 4) is 0 Å². The molecule has 0 aromatic heterocycles. The number of rotatable bonds is 2. The third-order valence-electron chi connectivity index (χ3n) is 4.00. The Bertz CT molecular complexity index is 204. The zero-order valence-electron chi connectivity index (χ0n) is 8.52. The Hall–Kier alpha value is -0.340. The first-order chi connectivity index (χ1) is 6.93. The highest BCUT2D eigenvalue weighted by molar-refractivity contribution is 5.03. The van der Waals surface area contributed by atoms with E-state index in [9.17, 15) is 0 Å². The quantitative estimate of drug-likeness (QED) is 0.497. The van der Waals surface area contributed by atoms with Gasteiger partial charge in [0, 0.05) is 0 Å². The SMILES string of the molecule is C1=C[C@H](C2CCC2)OO[C@@H]1C1CCC1. The Kier molecular flexibility index (Phi) is 2.34. The standard InChI is InChI=1S/C12H18O2/c1-3-9(4-1)11-7-8-12(14-13-11)10-5-2-6-10/h7-12H,1-6H2/t11-,12+. The Morgan fingerprint density at radius 3 is 1.36 bits per heavy atom. The molecule has 3 rings (SSSR count). The molecule has 0 amide bonds. The summed E-state index contributed by atoms with van der Waals surface area (Å²) in [5, 5.41) is 0. The van der Waals surface area contributed by atoms with Crippen molar-refractivity contribution in [1.82, 2.24) is 0 Å². The second-order valence-electron chi connectivity index (χ2n) is 4.89. The van der Waals surface area contributed by atoms with Crippen LogP contribution in [0.2, 0.25) is 0 Å². The van der Waals surface area contributed by atoms with Crippen LogP contribution >= 0.6 is 0 Å².